The van der Waals surface area contributed by atoms with Crippen molar-refractivity contribution in [3.8, 4) is 0 Å². The lowest BCUT2D eigenvalue weighted by molar-refractivity contribution is -0.121. The minimum Gasteiger partial charge on any atom is -0.365 e. The third-order valence-corrected chi connectivity index (χ3v) is 3.95. The Morgan fingerprint density at radius 3 is 2.21 bits per heavy atom. The van der Waals surface area contributed by atoms with Crippen LogP contribution in [0.5, 0.6) is 0 Å². The molecule has 0 aromatic heterocycles. The molecule has 2 rings (SSSR count). The van der Waals surface area contributed by atoms with Gasteiger partial charge in [0.1, 0.15) is 5.82 Å². The van der Waals surface area contributed by atoms with Gasteiger partial charge in [0, 0.05) is 12.7 Å². The third-order valence-electron chi connectivity index (χ3n) is 3.95. The Morgan fingerprint density at radius 2 is 1.67 bits per heavy atom. The first kappa shape index (κ1) is 18.0. The molecule has 0 spiro atoms. The Morgan fingerprint density at radius 1 is 1.08 bits per heavy atom. The SMILES string of the molecule is CN(CC(=O)NC(c1ccc(F)cc1)C(C)(C)C)c1ccccc1. The molecule has 0 bridgehead atoms. The van der Waals surface area contributed by atoms with E-state index in [1.165, 1.54) is 12.1 Å². The summed E-state index contributed by atoms with van der Waals surface area (Å²) < 4.78 is 13.2. The van der Waals surface area contributed by atoms with Gasteiger partial charge in [-0.3, -0.25) is 4.79 Å². The molecule has 4 heteroatoms. The van der Waals surface area contributed by atoms with Gasteiger partial charge in [-0.25, -0.2) is 4.39 Å². The lowest BCUT2D eigenvalue weighted by atomic mass is 9.82. The number of halogens is 1. The molecular weight excluding hydrogens is 303 g/mol. The van der Waals surface area contributed by atoms with Gasteiger partial charge < -0.3 is 10.2 Å². The largest absolute Gasteiger partial charge is 0.365 e. The van der Waals surface area contributed by atoms with Crippen LogP contribution in [-0.4, -0.2) is 19.5 Å². The summed E-state index contributed by atoms with van der Waals surface area (Å²) in [6.07, 6.45) is 0. The average molecular weight is 328 g/mol. The van der Waals surface area contributed by atoms with E-state index in [4.69, 9.17) is 0 Å². The van der Waals surface area contributed by atoms with Gasteiger partial charge in [0.25, 0.3) is 0 Å². The summed E-state index contributed by atoms with van der Waals surface area (Å²) in [6.45, 7) is 6.43. The number of carbonyl (C=O) groups excluding carboxylic acids is 1. The van der Waals surface area contributed by atoms with E-state index in [-0.39, 0.29) is 29.7 Å². The van der Waals surface area contributed by atoms with E-state index in [0.717, 1.165) is 11.3 Å². The van der Waals surface area contributed by atoms with Crippen molar-refractivity contribution < 1.29 is 9.18 Å². The predicted octanol–water partition coefficient (Wildman–Crippen LogP) is 4.17. The molecule has 0 aliphatic carbocycles. The molecule has 0 aliphatic rings. The van der Waals surface area contributed by atoms with Crippen LogP contribution < -0.4 is 10.2 Å². The number of para-hydroxylation sites is 1. The fourth-order valence-corrected chi connectivity index (χ4v) is 2.65. The van der Waals surface area contributed by atoms with E-state index in [9.17, 15) is 9.18 Å². The van der Waals surface area contributed by atoms with Crippen LogP contribution in [0.25, 0.3) is 0 Å². The molecule has 0 heterocycles. The molecule has 1 unspecified atom stereocenters. The number of anilines is 1. The standard InChI is InChI=1S/C20H25FN2O/c1-20(2,3)19(15-10-12-16(21)13-11-15)22-18(24)14-23(4)17-8-6-5-7-9-17/h5-13,19H,14H2,1-4H3,(H,22,24). The Bertz CT molecular complexity index is 662. The molecule has 2 aromatic carbocycles. The molecule has 0 aliphatic heterocycles. The van der Waals surface area contributed by atoms with Crippen LogP contribution in [0, 0.1) is 11.2 Å². The number of likely N-dealkylation sites (N-methyl/N-ethyl adjacent to an activating group) is 1. The summed E-state index contributed by atoms with van der Waals surface area (Å²) >= 11 is 0. The van der Waals surface area contributed by atoms with Crippen molar-refractivity contribution in [2.24, 2.45) is 5.41 Å². The Balaban J connectivity index is 2.09. The molecule has 1 atom stereocenters. The number of nitrogens with zero attached hydrogens (tertiary/aromatic N) is 1. The van der Waals surface area contributed by atoms with Crippen molar-refractivity contribution >= 4 is 11.6 Å². The van der Waals surface area contributed by atoms with Gasteiger partial charge in [0.15, 0.2) is 0 Å². The van der Waals surface area contributed by atoms with Crippen LogP contribution in [0.2, 0.25) is 0 Å². The van der Waals surface area contributed by atoms with Gasteiger partial charge in [-0.05, 0) is 35.2 Å². The third kappa shape index (κ3) is 4.82. The average Bonchev–Trinajstić information content (AvgIpc) is 2.53. The summed E-state index contributed by atoms with van der Waals surface area (Å²) in [6, 6.07) is 15.9. The fraction of sp³-hybridized carbons (Fsp3) is 0.350. The number of hydrogen-bond donors (Lipinski definition) is 1. The van der Waals surface area contributed by atoms with Gasteiger partial charge in [0.2, 0.25) is 5.91 Å². The van der Waals surface area contributed by atoms with E-state index in [1.54, 1.807) is 12.1 Å². The maximum atomic E-state index is 13.2. The molecule has 3 nitrogen and oxygen atoms in total. The predicted molar refractivity (Wildman–Crippen MR) is 96.5 cm³/mol. The Hall–Kier alpha value is -2.36. The van der Waals surface area contributed by atoms with Crippen molar-refractivity contribution in [3.05, 3.63) is 66.0 Å². The van der Waals surface area contributed by atoms with Crippen LogP contribution in [-0.2, 0) is 4.79 Å². The lowest BCUT2D eigenvalue weighted by Gasteiger charge is -2.32. The molecule has 0 radical (unpaired) electrons. The van der Waals surface area contributed by atoms with Crippen molar-refractivity contribution in [3.63, 3.8) is 0 Å². The number of benzene rings is 2. The zero-order valence-electron chi connectivity index (χ0n) is 14.7. The van der Waals surface area contributed by atoms with Gasteiger partial charge in [0.05, 0.1) is 12.6 Å². The topological polar surface area (TPSA) is 32.3 Å². The molecule has 0 saturated heterocycles. The first-order valence-electron chi connectivity index (χ1n) is 8.08. The van der Waals surface area contributed by atoms with Crippen LogP contribution in [0.3, 0.4) is 0 Å². The maximum Gasteiger partial charge on any atom is 0.240 e. The van der Waals surface area contributed by atoms with E-state index in [1.807, 2.05) is 42.3 Å². The number of amides is 1. The van der Waals surface area contributed by atoms with Crippen LogP contribution in [0.1, 0.15) is 32.4 Å². The van der Waals surface area contributed by atoms with E-state index in [0.29, 0.717) is 0 Å². The molecule has 0 saturated carbocycles. The second-order valence-corrected chi connectivity index (χ2v) is 7.11. The molecule has 2 aromatic rings. The molecule has 128 valence electrons. The van der Waals surface area contributed by atoms with Crippen molar-refractivity contribution in [1.82, 2.24) is 5.32 Å². The zero-order chi connectivity index (χ0) is 17.7. The lowest BCUT2D eigenvalue weighted by Crippen LogP contribution is -2.41. The quantitative estimate of drug-likeness (QED) is 0.893. The maximum absolute atomic E-state index is 13.2. The highest BCUT2D eigenvalue weighted by Gasteiger charge is 2.28. The second-order valence-electron chi connectivity index (χ2n) is 7.11. The van der Waals surface area contributed by atoms with Crippen molar-refractivity contribution in [1.29, 1.82) is 0 Å². The first-order chi connectivity index (χ1) is 11.3. The number of carbonyl (C=O) groups is 1. The Kier molecular flexibility index (Phi) is 5.60. The van der Waals surface area contributed by atoms with Crippen LogP contribution in [0.15, 0.2) is 54.6 Å². The molecular formula is C20H25FN2O. The highest BCUT2D eigenvalue weighted by atomic mass is 19.1. The van der Waals surface area contributed by atoms with E-state index >= 15 is 0 Å². The highest BCUT2D eigenvalue weighted by Crippen LogP contribution is 2.32. The van der Waals surface area contributed by atoms with Crippen molar-refractivity contribution in [2.75, 3.05) is 18.5 Å². The Labute approximate surface area is 143 Å². The summed E-state index contributed by atoms with van der Waals surface area (Å²) in [7, 11) is 1.89. The van der Waals surface area contributed by atoms with E-state index < -0.39 is 0 Å². The molecule has 1 N–H and O–H groups in total. The minimum absolute atomic E-state index is 0.0643. The normalized spacial score (nSPS) is 12.5. The molecule has 24 heavy (non-hydrogen) atoms. The smallest absolute Gasteiger partial charge is 0.240 e. The summed E-state index contributed by atoms with van der Waals surface area (Å²) in [5.74, 6) is -0.341. The van der Waals surface area contributed by atoms with Gasteiger partial charge in [-0.15, -0.1) is 0 Å². The van der Waals surface area contributed by atoms with Crippen LogP contribution >= 0.6 is 0 Å². The molecule has 0 fully saturated rings. The fourth-order valence-electron chi connectivity index (χ4n) is 2.65. The number of hydrogen-bond acceptors (Lipinski definition) is 2. The monoisotopic (exact) mass is 328 g/mol. The number of nitrogens with one attached hydrogen (secondary N) is 1. The zero-order valence-corrected chi connectivity index (χ0v) is 14.7. The van der Waals surface area contributed by atoms with Gasteiger partial charge >= 0.3 is 0 Å². The van der Waals surface area contributed by atoms with Gasteiger partial charge in [-0.2, -0.15) is 0 Å². The molecule has 1 amide bonds. The van der Waals surface area contributed by atoms with Crippen molar-refractivity contribution in [2.45, 2.75) is 26.8 Å². The van der Waals surface area contributed by atoms with Gasteiger partial charge in [-0.1, -0.05) is 51.1 Å². The van der Waals surface area contributed by atoms with Crippen LogP contribution in [0.4, 0.5) is 10.1 Å². The van der Waals surface area contributed by atoms with E-state index in [2.05, 4.69) is 26.1 Å². The summed E-state index contributed by atoms with van der Waals surface area (Å²) in [5.41, 5.74) is 1.71. The number of rotatable bonds is 5. The highest BCUT2D eigenvalue weighted by molar-refractivity contribution is 5.81. The first-order valence-corrected chi connectivity index (χ1v) is 8.08. The summed E-state index contributed by atoms with van der Waals surface area (Å²) in [5, 5.41) is 3.09. The second kappa shape index (κ2) is 7.47. The minimum atomic E-state index is -0.276. The summed E-state index contributed by atoms with van der Waals surface area (Å²) in [4.78, 5) is 14.4.